The summed E-state index contributed by atoms with van der Waals surface area (Å²) in [4.78, 5) is 52.1. The van der Waals surface area contributed by atoms with Crippen LogP contribution in [0.15, 0.2) is 60.8 Å². The zero-order valence-corrected chi connectivity index (χ0v) is 38.5. The summed E-state index contributed by atoms with van der Waals surface area (Å²) in [6.07, 6.45) is 11.0. The number of aliphatic carboxylic acids is 1. The number of aromatic nitrogens is 4. The predicted octanol–water partition coefficient (Wildman–Crippen LogP) is 8.04. The second-order valence-electron chi connectivity index (χ2n) is 20.6. The predicted molar refractivity (Wildman–Crippen MR) is 251 cm³/mol. The molecule has 14 nitrogen and oxygen atoms in total. The highest BCUT2D eigenvalue weighted by atomic mass is 32.1. The third-order valence-electron chi connectivity index (χ3n) is 15.2. The first-order valence-electron chi connectivity index (χ1n) is 23.3. The summed E-state index contributed by atoms with van der Waals surface area (Å²) >= 11 is 1.44. The minimum Gasteiger partial charge on any atom is -0.481 e. The van der Waals surface area contributed by atoms with Gasteiger partial charge in [-0.2, -0.15) is 5.10 Å². The van der Waals surface area contributed by atoms with Crippen LogP contribution in [-0.4, -0.2) is 104 Å². The quantitative estimate of drug-likeness (QED) is 0.0798. The molecule has 6 aliphatic rings. The number of carboxylic acids is 2. The fourth-order valence-electron chi connectivity index (χ4n) is 13.7. The van der Waals surface area contributed by atoms with E-state index in [0.717, 1.165) is 104 Å². The lowest BCUT2D eigenvalue weighted by Crippen LogP contribution is -2.64. The first-order valence-corrected chi connectivity index (χ1v) is 24.1. The Kier molecular flexibility index (Phi) is 11.3. The van der Waals surface area contributed by atoms with Gasteiger partial charge in [0, 0.05) is 61.1 Å². The van der Waals surface area contributed by atoms with Crippen molar-refractivity contribution in [2.24, 2.45) is 16.2 Å². The lowest BCUT2D eigenvalue weighted by Gasteiger charge is -2.69. The van der Waals surface area contributed by atoms with Crippen molar-refractivity contribution in [1.82, 2.24) is 30.0 Å². The Morgan fingerprint density at radius 1 is 0.923 bits per heavy atom. The van der Waals surface area contributed by atoms with E-state index in [0.29, 0.717) is 60.8 Å². The molecule has 11 rings (SSSR count). The number of amides is 1. The molecule has 4 bridgehead atoms. The van der Waals surface area contributed by atoms with Crippen LogP contribution in [0.5, 0.6) is 0 Å². The molecule has 1 saturated heterocycles. The average molecular weight is 901 g/mol. The van der Waals surface area contributed by atoms with Crippen molar-refractivity contribution in [2.45, 2.75) is 110 Å². The lowest BCUT2D eigenvalue weighted by atomic mass is 9.39. The van der Waals surface area contributed by atoms with E-state index in [4.69, 9.17) is 14.8 Å². The largest absolute Gasteiger partial charge is 0.481 e. The summed E-state index contributed by atoms with van der Waals surface area (Å²) < 4.78 is 10.2. The number of nitrogens with one attached hydrogen (secondary N) is 2. The highest BCUT2D eigenvalue weighted by molar-refractivity contribution is 7.22. The van der Waals surface area contributed by atoms with Crippen LogP contribution in [0, 0.1) is 23.2 Å². The molecule has 2 atom stereocenters. The molecular weight excluding hydrogens is 841 g/mol. The number of aromatic carboxylic acids is 1. The number of anilines is 2. The third kappa shape index (κ3) is 8.68. The number of carbonyl (C=O) groups excluding carboxylic acids is 1. The minimum absolute atomic E-state index is 0.0260. The second kappa shape index (κ2) is 16.9. The van der Waals surface area contributed by atoms with Gasteiger partial charge in [0.15, 0.2) is 10.8 Å². The summed E-state index contributed by atoms with van der Waals surface area (Å²) in [5.41, 5.74) is 5.55. The maximum atomic E-state index is 13.7. The van der Waals surface area contributed by atoms with Gasteiger partial charge < -0.3 is 25.2 Å². The molecule has 4 aliphatic carbocycles. The average Bonchev–Trinajstić information content (AvgIpc) is 3.84. The molecule has 1 amide bonds. The van der Waals surface area contributed by atoms with Crippen molar-refractivity contribution in [3.63, 3.8) is 0 Å². The standard InChI is InChI=1S/C50H60N8O6S/c1-32-37(23-52-58(32)31-49-26-47(2)25-48(3,27-49)29-50(28-47,30-49)64-22-21-56(20-16-42(59)60)34-13-17-51-18-14-34)35-11-12-41(54-43(35)45(62)63)57-19-15-33-7-6-8-36(38(33)24-57)44(61)55-46-53-39-9-4-5-10-40(39)65-46/h4-12,23,34,51H,13-22,24-31H2,1-3H3,(H,59,60)(H,62,63)(H,53,55,61). The van der Waals surface area contributed by atoms with E-state index in [2.05, 4.69) is 50.0 Å². The van der Waals surface area contributed by atoms with E-state index in [1.165, 1.54) is 17.8 Å². The summed E-state index contributed by atoms with van der Waals surface area (Å²) in [6, 6.07) is 17.7. The first kappa shape index (κ1) is 43.7. The molecule has 5 fully saturated rings. The van der Waals surface area contributed by atoms with Gasteiger partial charge in [0.05, 0.1) is 35.0 Å². The number of hydrogen-bond acceptors (Lipinski definition) is 11. The van der Waals surface area contributed by atoms with Crippen LogP contribution in [0.1, 0.15) is 109 Å². The molecule has 342 valence electrons. The van der Waals surface area contributed by atoms with E-state index in [9.17, 15) is 24.6 Å². The van der Waals surface area contributed by atoms with Gasteiger partial charge >= 0.3 is 11.9 Å². The summed E-state index contributed by atoms with van der Waals surface area (Å²) in [5, 5.41) is 32.1. The van der Waals surface area contributed by atoms with Crippen LogP contribution >= 0.6 is 11.3 Å². The molecule has 5 heterocycles. The molecule has 2 aliphatic heterocycles. The smallest absolute Gasteiger partial charge is 0.355 e. The van der Waals surface area contributed by atoms with Gasteiger partial charge in [0.2, 0.25) is 0 Å². The van der Waals surface area contributed by atoms with Gasteiger partial charge in [0.25, 0.3) is 5.91 Å². The highest BCUT2D eigenvalue weighted by Crippen LogP contribution is 2.72. The Balaban J connectivity index is 0.859. The van der Waals surface area contributed by atoms with Crippen molar-refractivity contribution in [3.8, 4) is 11.1 Å². The number of piperidine rings is 1. The van der Waals surface area contributed by atoms with Crippen LogP contribution < -0.4 is 15.5 Å². The minimum atomic E-state index is -1.11. The normalized spacial score (nSPS) is 26.2. The maximum Gasteiger partial charge on any atom is 0.355 e. The number of nitrogens with zero attached hydrogens (tertiary/aromatic N) is 6. The van der Waals surface area contributed by atoms with Crippen molar-refractivity contribution >= 4 is 50.3 Å². The Morgan fingerprint density at radius 3 is 2.46 bits per heavy atom. The molecule has 2 unspecified atom stereocenters. The zero-order chi connectivity index (χ0) is 45.1. The van der Waals surface area contributed by atoms with Gasteiger partial charge in [-0.1, -0.05) is 49.4 Å². The van der Waals surface area contributed by atoms with Crippen LogP contribution in [0.4, 0.5) is 10.9 Å². The number of carboxylic acid groups (broad SMARTS) is 2. The molecule has 4 saturated carbocycles. The van der Waals surface area contributed by atoms with E-state index in [1.54, 1.807) is 6.20 Å². The van der Waals surface area contributed by atoms with E-state index < -0.39 is 11.9 Å². The van der Waals surface area contributed by atoms with E-state index in [1.807, 2.05) is 55.5 Å². The monoisotopic (exact) mass is 900 g/mol. The molecule has 5 aromatic rings. The fourth-order valence-corrected chi connectivity index (χ4v) is 14.6. The van der Waals surface area contributed by atoms with Crippen LogP contribution in [-0.2, 0) is 29.0 Å². The molecule has 15 heteroatoms. The fraction of sp³-hybridized carbons (Fsp3) is 0.520. The van der Waals surface area contributed by atoms with Crippen molar-refractivity contribution < 1.29 is 29.3 Å². The molecule has 65 heavy (non-hydrogen) atoms. The topological polar surface area (TPSA) is 175 Å². The number of fused-ring (bicyclic) bond motifs is 2. The van der Waals surface area contributed by atoms with Gasteiger partial charge in [-0.15, -0.1) is 0 Å². The molecule has 0 radical (unpaired) electrons. The number of hydrogen-bond donors (Lipinski definition) is 4. The van der Waals surface area contributed by atoms with E-state index >= 15 is 0 Å². The van der Waals surface area contributed by atoms with Crippen molar-refractivity contribution in [2.75, 3.05) is 49.5 Å². The number of thiazole rings is 1. The number of ether oxygens (including phenoxy) is 1. The van der Waals surface area contributed by atoms with Crippen molar-refractivity contribution in [1.29, 1.82) is 0 Å². The SMILES string of the molecule is Cc1c(-c2ccc(N3CCc4cccc(C(=O)Nc5nc6ccccc6s5)c4C3)nc2C(=O)O)cnn1CC12CC3(C)CC(C)(C1)CC(OCCN(CCC(=O)O)C1CCNCC1)(C3)C2. The van der Waals surface area contributed by atoms with Gasteiger partial charge in [-0.25, -0.2) is 14.8 Å². The summed E-state index contributed by atoms with van der Waals surface area (Å²) in [5.74, 6) is -1.55. The molecular formula is C50H60N8O6S. The number of rotatable bonds is 15. The maximum absolute atomic E-state index is 13.7. The Hall–Kier alpha value is -5.22. The number of pyridine rings is 1. The zero-order valence-electron chi connectivity index (χ0n) is 37.7. The molecule has 0 spiro atoms. The van der Waals surface area contributed by atoms with Crippen LogP contribution in [0.2, 0.25) is 0 Å². The number of benzene rings is 2. The first-order chi connectivity index (χ1) is 31.2. The Morgan fingerprint density at radius 2 is 1.71 bits per heavy atom. The summed E-state index contributed by atoms with van der Waals surface area (Å²) in [7, 11) is 0. The van der Waals surface area contributed by atoms with Gasteiger partial charge in [0.1, 0.15) is 5.82 Å². The van der Waals surface area contributed by atoms with Gasteiger partial charge in [-0.05, 0) is 136 Å². The summed E-state index contributed by atoms with van der Waals surface area (Å²) in [6.45, 7) is 12.5. The molecule has 4 N–H and O–H groups in total. The van der Waals surface area contributed by atoms with Crippen molar-refractivity contribution in [3.05, 3.63) is 88.9 Å². The number of para-hydroxylation sites is 1. The third-order valence-corrected chi connectivity index (χ3v) is 16.1. The molecule has 3 aromatic heterocycles. The molecule has 2 aromatic carbocycles. The Labute approximate surface area is 383 Å². The second-order valence-corrected chi connectivity index (χ2v) is 21.6. The number of carbonyl (C=O) groups is 3. The van der Waals surface area contributed by atoms with Crippen LogP contribution in [0.25, 0.3) is 21.3 Å². The lowest BCUT2D eigenvalue weighted by molar-refractivity contribution is -0.249. The Bertz CT molecular complexity index is 2600. The highest BCUT2D eigenvalue weighted by Gasteiger charge is 2.66. The van der Waals surface area contributed by atoms with E-state index in [-0.39, 0.29) is 39.9 Å². The van der Waals surface area contributed by atoms with Crippen LogP contribution in [0.3, 0.4) is 0 Å². The van der Waals surface area contributed by atoms with Gasteiger partial charge in [-0.3, -0.25) is 24.5 Å².